The first kappa shape index (κ1) is 19.8. The van der Waals surface area contributed by atoms with Crippen molar-refractivity contribution >= 4 is 15.9 Å². The largest absolute Gasteiger partial charge is 0.383 e. The summed E-state index contributed by atoms with van der Waals surface area (Å²) >= 11 is 0. The van der Waals surface area contributed by atoms with Crippen LogP contribution in [0, 0.1) is 5.92 Å². The first-order chi connectivity index (χ1) is 11.9. The molecule has 0 aromatic heterocycles. The van der Waals surface area contributed by atoms with Gasteiger partial charge >= 0.3 is 0 Å². The molecule has 1 aliphatic heterocycles. The van der Waals surface area contributed by atoms with Gasteiger partial charge in [0.15, 0.2) is 0 Å². The summed E-state index contributed by atoms with van der Waals surface area (Å²) in [5.74, 6) is 0.0342. The minimum Gasteiger partial charge on any atom is -0.383 e. The lowest BCUT2D eigenvalue weighted by atomic mass is 10.0. The Morgan fingerprint density at radius 3 is 2.92 bits per heavy atom. The molecule has 1 heterocycles. The molecule has 1 aromatic rings. The summed E-state index contributed by atoms with van der Waals surface area (Å²) in [6.07, 6.45) is 2.03. The summed E-state index contributed by atoms with van der Waals surface area (Å²) in [6, 6.07) is 6.09. The summed E-state index contributed by atoms with van der Waals surface area (Å²) in [5.41, 5.74) is 0.331. The highest BCUT2D eigenvalue weighted by Crippen LogP contribution is 2.17. The number of ether oxygens (including phenoxy) is 2. The predicted molar refractivity (Wildman–Crippen MR) is 94.0 cm³/mol. The molecule has 0 bridgehead atoms. The van der Waals surface area contributed by atoms with E-state index in [4.69, 9.17) is 9.47 Å². The molecular formula is C17H26N2O5S. The molecule has 0 saturated carbocycles. The van der Waals surface area contributed by atoms with E-state index in [1.54, 1.807) is 12.1 Å². The predicted octanol–water partition coefficient (Wildman–Crippen LogP) is 1.11. The number of sulfonamides is 1. The Hall–Kier alpha value is -1.48. The molecule has 140 valence electrons. The lowest BCUT2D eigenvalue weighted by molar-refractivity contribution is 0.0536. The van der Waals surface area contributed by atoms with Gasteiger partial charge in [0.25, 0.3) is 5.91 Å². The smallest absolute Gasteiger partial charge is 0.251 e. The molecule has 1 amide bonds. The third-order valence-corrected chi connectivity index (χ3v) is 6.07. The highest BCUT2D eigenvalue weighted by molar-refractivity contribution is 7.89. The van der Waals surface area contributed by atoms with E-state index in [9.17, 15) is 13.2 Å². The van der Waals surface area contributed by atoms with Gasteiger partial charge in [-0.05, 0) is 37.0 Å². The van der Waals surface area contributed by atoms with Gasteiger partial charge in [-0.2, -0.15) is 4.31 Å². The standard InChI is InChI=1S/C17H26N2O5S/c1-19(8-10-23-2)25(21,22)16-7-3-6-15(11-16)17(20)18-12-14-5-4-9-24-13-14/h3,6-7,11,14H,4-5,8-10,12-13H2,1-2H3,(H,18,20). The molecule has 1 aromatic carbocycles. The average Bonchev–Trinajstić information content (AvgIpc) is 2.65. The van der Waals surface area contributed by atoms with E-state index in [0.717, 1.165) is 19.4 Å². The van der Waals surface area contributed by atoms with Crippen LogP contribution in [0.5, 0.6) is 0 Å². The zero-order chi connectivity index (χ0) is 18.3. The summed E-state index contributed by atoms with van der Waals surface area (Å²) < 4.78 is 36.6. The van der Waals surface area contributed by atoms with Gasteiger partial charge in [-0.15, -0.1) is 0 Å². The van der Waals surface area contributed by atoms with Crippen molar-refractivity contribution in [3.05, 3.63) is 29.8 Å². The number of amides is 1. The molecule has 1 aliphatic rings. The lowest BCUT2D eigenvalue weighted by Gasteiger charge is -2.22. The van der Waals surface area contributed by atoms with Crippen LogP contribution in [0.1, 0.15) is 23.2 Å². The van der Waals surface area contributed by atoms with Gasteiger partial charge in [0, 0.05) is 39.4 Å². The second-order valence-corrected chi connectivity index (χ2v) is 8.19. The minimum absolute atomic E-state index is 0.0970. The van der Waals surface area contributed by atoms with Crippen LogP contribution >= 0.6 is 0 Å². The number of hydrogen-bond donors (Lipinski definition) is 1. The number of benzene rings is 1. The molecule has 7 nitrogen and oxygen atoms in total. The number of nitrogens with one attached hydrogen (secondary N) is 1. The van der Waals surface area contributed by atoms with Gasteiger partial charge in [-0.25, -0.2) is 8.42 Å². The van der Waals surface area contributed by atoms with E-state index >= 15 is 0 Å². The van der Waals surface area contributed by atoms with E-state index in [-0.39, 0.29) is 17.3 Å². The maximum absolute atomic E-state index is 12.5. The molecule has 2 rings (SSSR count). The van der Waals surface area contributed by atoms with Crippen molar-refractivity contribution < 1.29 is 22.7 Å². The third kappa shape index (κ3) is 5.50. The topological polar surface area (TPSA) is 84.9 Å². The van der Waals surface area contributed by atoms with Crippen LogP contribution in [-0.2, 0) is 19.5 Å². The summed E-state index contributed by atoms with van der Waals surface area (Å²) in [5, 5.41) is 2.86. The zero-order valence-corrected chi connectivity index (χ0v) is 15.5. The van der Waals surface area contributed by atoms with Gasteiger partial charge in [0.1, 0.15) is 0 Å². The first-order valence-corrected chi connectivity index (χ1v) is 9.80. The average molecular weight is 370 g/mol. The highest BCUT2D eigenvalue weighted by Gasteiger charge is 2.22. The van der Waals surface area contributed by atoms with E-state index in [2.05, 4.69) is 5.32 Å². The van der Waals surface area contributed by atoms with Crippen molar-refractivity contribution in [2.45, 2.75) is 17.7 Å². The molecule has 8 heteroatoms. The molecule has 1 N–H and O–H groups in total. The Balaban J connectivity index is 2.02. The molecule has 1 saturated heterocycles. The van der Waals surface area contributed by atoms with Gasteiger partial charge < -0.3 is 14.8 Å². The van der Waals surface area contributed by atoms with Crippen molar-refractivity contribution in [2.75, 3.05) is 47.1 Å². The number of rotatable bonds is 8. The normalized spacial score (nSPS) is 18.3. The monoisotopic (exact) mass is 370 g/mol. The Morgan fingerprint density at radius 2 is 2.24 bits per heavy atom. The van der Waals surface area contributed by atoms with Crippen LogP contribution in [0.25, 0.3) is 0 Å². The Bertz CT molecular complexity index is 671. The second kappa shape index (κ2) is 9.28. The fraction of sp³-hybridized carbons (Fsp3) is 0.588. The fourth-order valence-electron chi connectivity index (χ4n) is 2.63. The number of likely N-dealkylation sites (N-methyl/N-ethyl adjacent to an activating group) is 1. The molecule has 0 spiro atoms. The number of nitrogens with zero attached hydrogens (tertiary/aromatic N) is 1. The number of carbonyl (C=O) groups excluding carboxylic acids is 1. The van der Waals surface area contributed by atoms with Gasteiger partial charge in [-0.3, -0.25) is 4.79 Å². The lowest BCUT2D eigenvalue weighted by Crippen LogP contribution is -2.33. The van der Waals surface area contributed by atoms with Crippen molar-refractivity contribution in [2.24, 2.45) is 5.92 Å². The van der Waals surface area contributed by atoms with E-state index < -0.39 is 10.0 Å². The summed E-state index contributed by atoms with van der Waals surface area (Å²) in [4.78, 5) is 12.4. The quantitative estimate of drug-likeness (QED) is 0.741. The van der Waals surface area contributed by atoms with Crippen LogP contribution in [-0.4, -0.2) is 65.7 Å². The molecule has 25 heavy (non-hydrogen) atoms. The molecule has 1 atom stereocenters. The van der Waals surface area contributed by atoms with E-state index in [0.29, 0.717) is 31.2 Å². The van der Waals surface area contributed by atoms with Crippen LogP contribution in [0.3, 0.4) is 0 Å². The fourth-order valence-corrected chi connectivity index (χ4v) is 3.83. The SMILES string of the molecule is COCCN(C)S(=O)(=O)c1cccc(C(=O)NCC2CCCOC2)c1. The van der Waals surface area contributed by atoms with Gasteiger partial charge in [0.05, 0.1) is 18.1 Å². The first-order valence-electron chi connectivity index (χ1n) is 8.36. The van der Waals surface area contributed by atoms with E-state index in [1.165, 1.54) is 30.6 Å². The molecule has 1 fully saturated rings. The molecular weight excluding hydrogens is 344 g/mol. The van der Waals surface area contributed by atoms with E-state index in [1.807, 2.05) is 0 Å². The van der Waals surface area contributed by atoms with Crippen molar-refractivity contribution in [3.8, 4) is 0 Å². The molecule has 1 unspecified atom stereocenters. The Labute approximate surface area is 149 Å². The van der Waals surface area contributed by atoms with Crippen LogP contribution in [0.2, 0.25) is 0 Å². The maximum Gasteiger partial charge on any atom is 0.251 e. The summed E-state index contributed by atoms with van der Waals surface area (Å²) in [7, 11) is -0.642. The maximum atomic E-state index is 12.5. The molecule has 0 radical (unpaired) electrons. The van der Waals surface area contributed by atoms with Crippen molar-refractivity contribution in [3.63, 3.8) is 0 Å². The number of hydrogen-bond acceptors (Lipinski definition) is 5. The van der Waals surface area contributed by atoms with Crippen LogP contribution < -0.4 is 5.32 Å². The Morgan fingerprint density at radius 1 is 1.44 bits per heavy atom. The van der Waals surface area contributed by atoms with Crippen LogP contribution in [0.4, 0.5) is 0 Å². The van der Waals surface area contributed by atoms with Gasteiger partial charge in [-0.1, -0.05) is 6.07 Å². The van der Waals surface area contributed by atoms with Crippen LogP contribution in [0.15, 0.2) is 29.2 Å². The van der Waals surface area contributed by atoms with Crippen molar-refractivity contribution in [1.29, 1.82) is 0 Å². The number of methoxy groups -OCH3 is 1. The van der Waals surface area contributed by atoms with Crippen molar-refractivity contribution in [1.82, 2.24) is 9.62 Å². The van der Waals surface area contributed by atoms with Gasteiger partial charge in [0.2, 0.25) is 10.0 Å². The molecule has 0 aliphatic carbocycles. The zero-order valence-electron chi connectivity index (χ0n) is 14.7. The second-order valence-electron chi connectivity index (χ2n) is 6.14. The highest BCUT2D eigenvalue weighted by atomic mass is 32.2. The number of carbonyl (C=O) groups is 1. The Kier molecular flexibility index (Phi) is 7.37. The minimum atomic E-state index is -3.65. The third-order valence-electron chi connectivity index (χ3n) is 4.22. The summed E-state index contributed by atoms with van der Waals surface area (Å²) in [6.45, 7) is 2.51.